The second-order valence-corrected chi connectivity index (χ2v) is 8.11. The van der Waals surface area contributed by atoms with Crippen LogP contribution in [0.3, 0.4) is 0 Å². The lowest BCUT2D eigenvalue weighted by Crippen LogP contribution is -2.50. The molecule has 3 aromatic rings. The molecule has 2 aliphatic heterocycles. The molecule has 8 heteroatoms. The summed E-state index contributed by atoms with van der Waals surface area (Å²) in [6.07, 6.45) is 10.8. The fourth-order valence-electron chi connectivity index (χ4n) is 4.39. The Morgan fingerprint density at radius 3 is 2.34 bits per heavy atom. The number of carbonyl (C=O) groups is 1. The van der Waals surface area contributed by atoms with Crippen molar-refractivity contribution in [3.8, 4) is 22.5 Å². The number of carbonyl (C=O) groups excluding carboxylic acids is 1. The van der Waals surface area contributed by atoms with Crippen LogP contribution in [0.25, 0.3) is 22.5 Å². The van der Waals surface area contributed by atoms with Crippen molar-refractivity contribution in [2.24, 2.45) is 0 Å². The zero-order valence-corrected chi connectivity index (χ0v) is 17.9. The van der Waals surface area contributed by atoms with Gasteiger partial charge in [-0.25, -0.2) is 14.8 Å². The number of piperidine rings is 1. The van der Waals surface area contributed by atoms with Gasteiger partial charge in [0.05, 0.1) is 18.9 Å². The first-order chi connectivity index (χ1) is 15.8. The Balaban J connectivity index is 1.40. The summed E-state index contributed by atoms with van der Waals surface area (Å²) < 4.78 is 5.38. The lowest BCUT2D eigenvalue weighted by atomic mass is 9.89. The second kappa shape index (κ2) is 9.40. The minimum absolute atomic E-state index is 0.125. The normalized spacial score (nSPS) is 17.4. The van der Waals surface area contributed by atoms with Crippen molar-refractivity contribution in [3.05, 3.63) is 60.9 Å². The molecule has 0 spiro atoms. The van der Waals surface area contributed by atoms with E-state index in [0.29, 0.717) is 32.1 Å². The Labute approximate surface area is 187 Å². The minimum atomic E-state index is 0.125. The topological polar surface area (TPSA) is 84.3 Å². The van der Waals surface area contributed by atoms with Gasteiger partial charge < -0.3 is 14.5 Å². The van der Waals surface area contributed by atoms with E-state index in [-0.39, 0.29) is 11.9 Å². The first-order valence-corrected chi connectivity index (χ1v) is 11.1. The standard InChI is InChI=1S/C24H26N6O2/c31-24(30-12-14-32-15-13-30)29-10-5-19(6-11-29)22-21(18-3-8-25-9-4-18)17-27-23(28-22)20-2-1-7-26-16-20/h1-4,7-9,16-17,19H,5-6,10-15H2. The van der Waals surface area contributed by atoms with Crippen LogP contribution in [0, 0.1) is 0 Å². The Bertz CT molecular complexity index is 1050. The summed E-state index contributed by atoms with van der Waals surface area (Å²) in [4.78, 5) is 34.7. The van der Waals surface area contributed by atoms with Crippen LogP contribution in [0.5, 0.6) is 0 Å². The number of urea groups is 1. The van der Waals surface area contributed by atoms with Gasteiger partial charge in [-0.15, -0.1) is 0 Å². The van der Waals surface area contributed by atoms with Crippen molar-refractivity contribution >= 4 is 6.03 Å². The van der Waals surface area contributed by atoms with E-state index in [0.717, 1.165) is 48.3 Å². The van der Waals surface area contributed by atoms with Crippen molar-refractivity contribution in [3.63, 3.8) is 0 Å². The van der Waals surface area contributed by atoms with Crippen LogP contribution < -0.4 is 0 Å². The Morgan fingerprint density at radius 1 is 0.875 bits per heavy atom. The molecule has 0 saturated carbocycles. The smallest absolute Gasteiger partial charge is 0.320 e. The number of pyridine rings is 2. The number of nitrogens with zero attached hydrogens (tertiary/aromatic N) is 6. The maximum atomic E-state index is 12.9. The van der Waals surface area contributed by atoms with E-state index in [1.807, 2.05) is 40.3 Å². The van der Waals surface area contributed by atoms with Crippen molar-refractivity contribution in [1.82, 2.24) is 29.7 Å². The van der Waals surface area contributed by atoms with Gasteiger partial charge in [0, 0.05) is 74.2 Å². The van der Waals surface area contributed by atoms with Gasteiger partial charge in [-0.1, -0.05) is 0 Å². The fourth-order valence-corrected chi connectivity index (χ4v) is 4.39. The van der Waals surface area contributed by atoms with Crippen LogP contribution in [-0.4, -0.2) is 75.2 Å². The molecule has 0 aliphatic carbocycles. The zero-order valence-electron chi connectivity index (χ0n) is 17.9. The van der Waals surface area contributed by atoms with Crippen molar-refractivity contribution in [2.75, 3.05) is 39.4 Å². The highest BCUT2D eigenvalue weighted by atomic mass is 16.5. The zero-order chi connectivity index (χ0) is 21.8. The van der Waals surface area contributed by atoms with Crippen LogP contribution >= 0.6 is 0 Å². The molecule has 5 rings (SSSR count). The molecule has 3 aromatic heterocycles. The Morgan fingerprint density at radius 2 is 1.62 bits per heavy atom. The molecule has 0 bridgehead atoms. The summed E-state index contributed by atoms with van der Waals surface area (Å²) in [6.45, 7) is 4.04. The van der Waals surface area contributed by atoms with E-state index in [1.54, 1.807) is 24.8 Å². The van der Waals surface area contributed by atoms with E-state index >= 15 is 0 Å². The third-order valence-corrected chi connectivity index (χ3v) is 6.16. The molecule has 5 heterocycles. The summed E-state index contributed by atoms with van der Waals surface area (Å²) >= 11 is 0. The summed E-state index contributed by atoms with van der Waals surface area (Å²) in [7, 11) is 0. The molecule has 0 unspecified atom stereocenters. The van der Waals surface area contributed by atoms with Crippen LogP contribution in [0.1, 0.15) is 24.5 Å². The van der Waals surface area contributed by atoms with Gasteiger partial charge in [-0.2, -0.15) is 0 Å². The van der Waals surface area contributed by atoms with E-state index in [1.165, 1.54) is 0 Å². The maximum Gasteiger partial charge on any atom is 0.320 e. The maximum absolute atomic E-state index is 12.9. The van der Waals surface area contributed by atoms with E-state index in [2.05, 4.69) is 15.0 Å². The number of rotatable bonds is 3. The molecule has 2 saturated heterocycles. The average Bonchev–Trinajstić information content (AvgIpc) is 2.89. The Kier molecular flexibility index (Phi) is 6.02. The molecular formula is C24H26N6O2. The molecule has 2 fully saturated rings. The van der Waals surface area contributed by atoms with Gasteiger partial charge >= 0.3 is 6.03 Å². The summed E-state index contributed by atoms with van der Waals surface area (Å²) in [5, 5.41) is 0. The third kappa shape index (κ3) is 4.31. The number of hydrogen-bond donors (Lipinski definition) is 0. The highest BCUT2D eigenvalue weighted by Crippen LogP contribution is 2.35. The predicted octanol–water partition coefficient (Wildman–Crippen LogP) is 3.23. The fraction of sp³-hybridized carbons (Fsp3) is 0.375. The van der Waals surface area contributed by atoms with Gasteiger partial charge in [0.1, 0.15) is 0 Å². The number of amides is 2. The molecule has 0 aromatic carbocycles. The van der Waals surface area contributed by atoms with Crippen molar-refractivity contribution < 1.29 is 9.53 Å². The summed E-state index contributed by atoms with van der Waals surface area (Å²) in [5.74, 6) is 0.933. The third-order valence-electron chi connectivity index (χ3n) is 6.16. The van der Waals surface area contributed by atoms with Crippen LogP contribution in [0.2, 0.25) is 0 Å². The second-order valence-electron chi connectivity index (χ2n) is 8.11. The molecule has 164 valence electrons. The number of morpholine rings is 1. The van der Waals surface area contributed by atoms with Crippen LogP contribution in [0.4, 0.5) is 4.79 Å². The first kappa shape index (κ1) is 20.5. The molecule has 2 amide bonds. The van der Waals surface area contributed by atoms with Crippen LogP contribution in [0.15, 0.2) is 55.2 Å². The number of likely N-dealkylation sites (tertiary alicyclic amines) is 1. The van der Waals surface area contributed by atoms with Gasteiger partial charge in [0.15, 0.2) is 5.82 Å². The predicted molar refractivity (Wildman–Crippen MR) is 120 cm³/mol. The Hall–Kier alpha value is -3.39. The molecule has 8 nitrogen and oxygen atoms in total. The highest BCUT2D eigenvalue weighted by molar-refractivity contribution is 5.75. The van der Waals surface area contributed by atoms with Crippen LogP contribution in [-0.2, 0) is 4.74 Å². The minimum Gasteiger partial charge on any atom is -0.378 e. The first-order valence-electron chi connectivity index (χ1n) is 11.1. The quantitative estimate of drug-likeness (QED) is 0.634. The molecule has 0 atom stereocenters. The van der Waals surface area contributed by atoms with Gasteiger partial charge in [0.2, 0.25) is 0 Å². The summed E-state index contributed by atoms with van der Waals surface area (Å²) in [6, 6.07) is 7.97. The lowest BCUT2D eigenvalue weighted by Gasteiger charge is -2.37. The SMILES string of the molecule is O=C(N1CCOCC1)N1CCC(c2nc(-c3cccnc3)ncc2-c2ccncc2)CC1. The largest absolute Gasteiger partial charge is 0.378 e. The van der Waals surface area contributed by atoms with Crippen molar-refractivity contribution in [2.45, 2.75) is 18.8 Å². The number of hydrogen-bond acceptors (Lipinski definition) is 6. The van der Waals surface area contributed by atoms with Gasteiger partial charge in [-0.05, 0) is 42.7 Å². The van der Waals surface area contributed by atoms with E-state index in [9.17, 15) is 4.79 Å². The monoisotopic (exact) mass is 430 g/mol. The van der Waals surface area contributed by atoms with Gasteiger partial charge in [-0.3, -0.25) is 9.97 Å². The molecule has 32 heavy (non-hydrogen) atoms. The molecule has 0 radical (unpaired) electrons. The lowest BCUT2D eigenvalue weighted by molar-refractivity contribution is 0.0411. The molecule has 0 N–H and O–H groups in total. The summed E-state index contributed by atoms with van der Waals surface area (Å²) in [5.41, 5.74) is 4.01. The number of aromatic nitrogens is 4. The van der Waals surface area contributed by atoms with E-state index < -0.39 is 0 Å². The average molecular weight is 431 g/mol. The molecule has 2 aliphatic rings. The van der Waals surface area contributed by atoms with E-state index in [4.69, 9.17) is 9.72 Å². The highest BCUT2D eigenvalue weighted by Gasteiger charge is 2.30. The number of ether oxygens (including phenoxy) is 1. The molecular weight excluding hydrogens is 404 g/mol. The van der Waals surface area contributed by atoms with Gasteiger partial charge in [0.25, 0.3) is 0 Å². The van der Waals surface area contributed by atoms with Crippen molar-refractivity contribution in [1.29, 1.82) is 0 Å².